The zero-order chi connectivity index (χ0) is 19.9. The highest BCUT2D eigenvalue weighted by Crippen LogP contribution is 2.18. The highest BCUT2D eigenvalue weighted by molar-refractivity contribution is 6.03. The number of nitrogens with one attached hydrogen (secondary N) is 2. The highest BCUT2D eigenvalue weighted by Gasteiger charge is 2.10. The number of carbonyl (C=O) groups excluding carboxylic acids is 2. The van der Waals surface area contributed by atoms with Crippen LogP contribution in [0.4, 0.5) is 17.3 Å². The van der Waals surface area contributed by atoms with Crippen LogP contribution < -0.4 is 15.4 Å². The van der Waals surface area contributed by atoms with Gasteiger partial charge in [-0.15, -0.1) is 0 Å². The van der Waals surface area contributed by atoms with Crippen LogP contribution in [0.3, 0.4) is 0 Å². The van der Waals surface area contributed by atoms with E-state index in [0.717, 1.165) is 11.4 Å². The van der Waals surface area contributed by atoms with Gasteiger partial charge in [-0.3, -0.25) is 9.59 Å². The van der Waals surface area contributed by atoms with E-state index in [-0.39, 0.29) is 17.4 Å². The van der Waals surface area contributed by atoms with Gasteiger partial charge in [-0.05, 0) is 68.4 Å². The van der Waals surface area contributed by atoms with E-state index in [9.17, 15) is 9.59 Å². The molecule has 0 aliphatic heterocycles. The van der Waals surface area contributed by atoms with E-state index in [1.165, 1.54) is 19.2 Å². The van der Waals surface area contributed by atoms with E-state index in [1.807, 2.05) is 31.2 Å². The Kier molecular flexibility index (Phi) is 5.96. The Balaban J connectivity index is 1.67. The molecular formula is C21H20N4O3. The number of rotatable bonds is 7. The minimum absolute atomic E-state index is 0.0290. The lowest BCUT2D eigenvalue weighted by Gasteiger charge is -2.08. The van der Waals surface area contributed by atoms with Crippen LogP contribution in [0.15, 0.2) is 60.8 Å². The summed E-state index contributed by atoms with van der Waals surface area (Å²) in [6.07, 6.45) is 1.51. The number of ketones is 1. The van der Waals surface area contributed by atoms with Crippen molar-refractivity contribution in [1.82, 2.24) is 9.97 Å². The van der Waals surface area contributed by atoms with Crippen LogP contribution in [0.2, 0.25) is 0 Å². The number of hydrogen-bond acceptors (Lipinski definition) is 6. The number of Topliss-reactive ketones (excluding diaryl/α,β-unsaturated/α-hetero) is 1. The Hall–Kier alpha value is -3.74. The average Bonchev–Trinajstić information content (AvgIpc) is 2.70. The smallest absolute Gasteiger partial charge is 0.274 e. The Morgan fingerprint density at radius 1 is 0.964 bits per heavy atom. The van der Waals surface area contributed by atoms with Crippen LogP contribution >= 0.6 is 0 Å². The lowest BCUT2D eigenvalue weighted by atomic mass is 10.1. The van der Waals surface area contributed by atoms with Gasteiger partial charge < -0.3 is 15.4 Å². The van der Waals surface area contributed by atoms with E-state index in [1.54, 1.807) is 24.3 Å². The normalized spacial score (nSPS) is 10.2. The minimum atomic E-state index is -0.368. The van der Waals surface area contributed by atoms with E-state index in [4.69, 9.17) is 4.74 Å². The Morgan fingerprint density at radius 3 is 2.29 bits per heavy atom. The summed E-state index contributed by atoms with van der Waals surface area (Å²) in [6, 6.07) is 15.6. The van der Waals surface area contributed by atoms with Gasteiger partial charge in [0.1, 0.15) is 11.4 Å². The zero-order valence-corrected chi connectivity index (χ0v) is 15.6. The fourth-order valence-electron chi connectivity index (χ4n) is 2.46. The maximum atomic E-state index is 12.4. The quantitative estimate of drug-likeness (QED) is 0.604. The Morgan fingerprint density at radius 2 is 1.64 bits per heavy atom. The van der Waals surface area contributed by atoms with Crippen molar-refractivity contribution in [2.24, 2.45) is 0 Å². The molecule has 0 radical (unpaired) electrons. The summed E-state index contributed by atoms with van der Waals surface area (Å²) in [7, 11) is 0. The molecule has 2 aromatic carbocycles. The number of hydrogen-bond donors (Lipinski definition) is 2. The number of anilines is 3. The van der Waals surface area contributed by atoms with Gasteiger partial charge in [0.15, 0.2) is 5.78 Å². The molecule has 0 bridgehead atoms. The third kappa shape index (κ3) is 4.91. The lowest BCUT2D eigenvalue weighted by Crippen LogP contribution is -2.14. The van der Waals surface area contributed by atoms with Crippen LogP contribution in [0, 0.1) is 0 Å². The molecule has 1 amide bonds. The lowest BCUT2D eigenvalue weighted by molar-refractivity contribution is 0.101. The van der Waals surface area contributed by atoms with Crippen LogP contribution in [0.25, 0.3) is 0 Å². The molecule has 7 nitrogen and oxygen atoms in total. The van der Waals surface area contributed by atoms with E-state index >= 15 is 0 Å². The van der Waals surface area contributed by atoms with Crippen molar-refractivity contribution in [3.05, 3.63) is 72.1 Å². The third-order valence-electron chi connectivity index (χ3n) is 3.86. The number of nitrogens with zero attached hydrogens (tertiary/aromatic N) is 2. The zero-order valence-electron chi connectivity index (χ0n) is 15.6. The number of aromatic nitrogens is 2. The molecular weight excluding hydrogens is 356 g/mol. The van der Waals surface area contributed by atoms with Crippen molar-refractivity contribution in [2.45, 2.75) is 13.8 Å². The first-order valence-electron chi connectivity index (χ1n) is 8.80. The van der Waals surface area contributed by atoms with E-state index < -0.39 is 0 Å². The van der Waals surface area contributed by atoms with E-state index in [2.05, 4.69) is 20.6 Å². The maximum Gasteiger partial charge on any atom is 0.274 e. The molecule has 142 valence electrons. The molecule has 1 heterocycles. The van der Waals surface area contributed by atoms with Gasteiger partial charge >= 0.3 is 0 Å². The monoisotopic (exact) mass is 376 g/mol. The maximum absolute atomic E-state index is 12.4. The van der Waals surface area contributed by atoms with Crippen molar-refractivity contribution < 1.29 is 14.3 Å². The van der Waals surface area contributed by atoms with Crippen LogP contribution in [-0.4, -0.2) is 28.3 Å². The molecule has 0 saturated heterocycles. The average molecular weight is 376 g/mol. The van der Waals surface area contributed by atoms with Crippen LogP contribution in [0.5, 0.6) is 5.75 Å². The molecule has 0 aliphatic carbocycles. The Bertz CT molecular complexity index is 970. The molecule has 0 atom stereocenters. The minimum Gasteiger partial charge on any atom is -0.494 e. The first-order valence-corrected chi connectivity index (χ1v) is 8.80. The second-order valence-corrected chi connectivity index (χ2v) is 5.94. The molecule has 3 rings (SSSR count). The predicted molar refractivity (Wildman–Crippen MR) is 107 cm³/mol. The first-order chi connectivity index (χ1) is 13.5. The standard InChI is InChI=1S/C21H20N4O3/c1-3-28-18-10-8-17(9-11-18)24-21-22-13-12-19(25-21)20(27)23-16-6-4-15(5-7-16)14(2)26/h4-13H,3H2,1-2H3,(H,23,27)(H,22,24,25). The Labute approximate surface area is 162 Å². The van der Waals surface area contributed by atoms with Crippen molar-refractivity contribution in [2.75, 3.05) is 17.2 Å². The molecule has 0 spiro atoms. The number of amides is 1. The molecule has 0 unspecified atom stereocenters. The van der Waals surface area contributed by atoms with Gasteiger partial charge in [-0.25, -0.2) is 9.97 Å². The van der Waals surface area contributed by atoms with Gasteiger partial charge in [0.2, 0.25) is 5.95 Å². The first kappa shape index (κ1) is 19.0. The van der Waals surface area contributed by atoms with Gasteiger partial charge in [-0.2, -0.15) is 0 Å². The van der Waals surface area contributed by atoms with Gasteiger partial charge in [-0.1, -0.05) is 0 Å². The van der Waals surface area contributed by atoms with Gasteiger partial charge in [0.25, 0.3) is 5.91 Å². The van der Waals surface area contributed by atoms with Crippen LogP contribution in [0.1, 0.15) is 34.7 Å². The summed E-state index contributed by atoms with van der Waals surface area (Å²) in [4.78, 5) is 32.2. The SMILES string of the molecule is CCOc1ccc(Nc2nccc(C(=O)Nc3ccc(C(C)=O)cc3)n2)cc1. The molecule has 0 saturated carbocycles. The molecule has 3 aromatic rings. The second kappa shape index (κ2) is 8.77. The fraction of sp³-hybridized carbons (Fsp3) is 0.143. The molecule has 7 heteroatoms. The van der Waals surface area contributed by atoms with Crippen molar-refractivity contribution >= 4 is 29.0 Å². The summed E-state index contributed by atoms with van der Waals surface area (Å²) in [5.41, 5.74) is 2.16. The number of ether oxygens (including phenoxy) is 1. The summed E-state index contributed by atoms with van der Waals surface area (Å²) >= 11 is 0. The van der Waals surface area contributed by atoms with E-state index in [0.29, 0.717) is 23.8 Å². The number of carbonyl (C=O) groups is 2. The predicted octanol–water partition coefficient (Wildman–Crippen LogP) is 4.07. The fourth-order valence-corrected chi connectivity index (χ4v) is 2.46. The number of benzene rings is 2. The van der Waals surface area contributed by atoms with Crippen molar-refractivity contribution in [3.8, 4) is 5.75 Å². The summed E-state index contributed by atoms with van der Waals surface area (Å²) in [6.45, 7) is 4.02. The van der Waals surface area contributed by atoms with Gasteiger partial charge in [0, 0.05) is 23.1 Å². The molecule has 0 fully saturated rings. The topological polar surface area (TPSA) is 93.2 Å². The largest absolute Gasteiger partial charge is 0.494 e. The summed E-state index contributed by atoms with van der Waals surface area (Å²) in [5, 5.41) is 5.81. The summed E-state index contributed by atoms with van der Waals surface area (Å²) in [5.74, 6) is 0.688. The molecule has 1 aromatic heterocycles. The van der Waals surface area contributed by atoms with Crippen molar-refractivity contribution in [1.29, 1.82) is 0 Å². The van der Waals surface area contributed by atoms with Gasteiger partial charge in [0.05, 0.1) is 6.61 Å². The highest BCUT2D eigenvalue weighted by atomic mass is 16.5. The molecule has 0 aliphatic rings. The molecule has 2 N–H and O–H groups in total. The van der Waals surface area contributed by atoms with Crippen LogP contribution in [-0.2, 0) is 0 Å². The van der Waals surface area contributed by atoms with Crippen molar-refractivity contribution in [3.63, 3.8) is 0 Å². The molecule has 28 heavy (non-hydrogen) atoms. The second-order valence-electron chi connectivity index (χ2n) is 5.94. The third-order valence-corrected chi connectivity index (χ3v) is 3.86. The summed E-state index contributed by atoms with van der Waals surface area (Å²) < 4.78 is 5.41.